The Hall–Kier alpha value is -3.24. The molecule has 32 heavy (non-hydrogen) atoms. The number of hydrogen-bond acceptors (Lipinski definition) is 4. The normalized spacial score (nSPS) is 16.8. The molecule has 1 fully saturated rings. The number of aromatic nitrogens is 2. The summed E-state index contributed by atoms with van der Waals surface area (Å²) in [4.78, 5) is 17.1. The summed E-state index contributed by atoms with van der Waals surface area (Å²) in [6.07, 6.45) is 6.86. The van der Waals surface area contributed by atoms with Crippen molar-refractivity contribution in [2.75, 3.05) is 0 Å². The number of fused-ring (bicyclic) bond motifs is 1. The average molecular weight is 434 g/mol. The molecule has 1 aromatic carbocycles. The summed E-state index contributed by atoms with van der Waals surface area (Å²) in [6, 6.07) is 8.18. The van der Waals surface area contributed by atoms with Crippen LogP contribution in [0.15, 0.2) is 36.7 Å². The second-order valence-electron chi connectivity index (χ2n) is 9.06. The molecular formula is C25H28FN5O. The SMILES string of the molecule is Cc1cn2cc(-c3ccc(C[C@@H](C#N)NC(=O)C(C)(N)C4CCC4)c(F)c3)cc2c(C)n1. The maximum absolute atomic E-state index is 14.9. The predicted octanol–water partition coefficient (Wildman–Crippen LogP) is 3.83. The van der Waals surface area contributed by atoms with Gasteiger partial charge in [0.1, 0.15) is 11.9 Å². The Balaban J connectivity index is 1.51. The third kappa shape index (κ3) is 4.11. The molecule has 2 heterocycles. The highest BCUT2D eigenvalue weighted by molar-refractivity contribution is 5.86. The van der Waals surface area contributed by atoms with E-state index in [-0.39, 0.29) is 18.2 Å². The Morgan fingerprint density at radius 2 is 2.09 bits per heavy atom. The van der Waals surface area contributed by atoms with E-state index < -0.39 is 17.4 Å². The van der Waals surface area contributed by atoms with Gasteiger partial charge in [-0.25, -0.2) is 4.39 Å². The number of carbonyl (C=O) groups is 1. The van der Waals surface area contributed by atoms with Crippen molar-refractivity contribution in [1.29, 1.82) is 5.26 Å². The molecule has 1 aliphatic carbocycles. The van der Waals surface area contributed by atoms with Gasteiger partial charge in [0.15, 0.2) is 0 Å². The van der Waals surface area contributed by atoms with E-state index in [4.69, 9.17) is 5.73 Å². The van der Waals surface area contributed by atoms with Gasteiger partial charge in [-0.1, -0.05) is 18.6 Å². The number of amides is 1. The largest absolute Gasteiger partial charge is 0.338 e. The predicted molar refractivity (Wildman–Crippen MR) is 121 cm³/mol. The maximum Gasteiger partial charge on any atom is 0.241 e. The first kappa shape index (κ1) is 22.0. The number of hydrogen-bond donors (Lipinski definition) is 2. The number of halogens is 1. The van der Waals surface area contributed by atoms with Crippen LogP contribution in [0.2, 0.25) is 0 Å². The number of nitrogens with two attached hydrogens (primary N) is 1. The second-order valence-corrected chi connectivity index (χ2v) is 9.06. The fourth-order valence-electron chi connectivity index (χ4n) is 4.33. The number of rotatable bonds is 6. The fraction of sp³-hybridized carbons (Fsp3) is 0.400. The molecular weight excluding hydrogens is 405 g/mol. The Morgan fingerprint density at radius 3 is 2.72 bits per heavy atom. The van der Waals surface area contributed by atoms with Gasteiger partial charge in [-0.2, -0.15) is 5.26 Å². The first-order valence-corrected chi connectivity index (χ1v) is 10.9. The summed E-state index contributed by atoms with van der Waals surface area (Å²) >= 11 is 0. The number of nitriles is 1. The van der Waals surface area contributed by atoms with E-state index >= 15 is 0 Å². The topological polar surface area (TPSA) is 96.2 Å². The van der Waals surface area contributed by atoms with Crippen molar-refractivity contribution in [3.63, 3.8) is 0 Å². The number of nitrogens with zero attached hydrogens (tertiary/aromatic N) is 3. The first-order valence-electron chi connectivity index (χ1n) is 10.9. The van der Waals surface area contributed by atoms with Gasteiger partial charge in [0.05, 0.1) is 28.5 Å². The summed E-state index contributed by atoms with van der Waals surface area (Å²) in [5.41, 5.74) is 10.0. The molecule has 2 atom stereocenters. The van der Waals surface area contributed by atoms with Crippen LogP contribution in [0, 0.1) is 36.9 Å². The smallest absolute Gasteiger partial charge is 0.241 e. The fourth-order valence-corrected chi connectivity index (χ4v) is 4.33. The molecule has 1 aliphatic rings. The highest BCUT2D eigenvalue weighted by Gasteiger charge is 2.41. The first-order chi connectivity index (χ1) is 15.2. The average Bonchev–Trinajstić information content (AvgIpc) is 3.11. The van der Waals surface area contributed by atoms with E-state index in [0.29, 0.717) is 5.56 Å². The monoisotopic (exact) mass is 433 g/mol. The van der Waals surface area contributed by atoms with Crippen molar-refractivity contribution in [2.45, 2.75) is 58.0 Å². The number of nitrogens with one attached hydrogen (secondary N) is 1. The van der Waals surface area contributed by atoms with Crippen LogP contribution in [0.25, 0.3) is 16.6 Å². The molecule has 7 heteroatoms. The van der Waals surface area contributed by atoms with Crippen LogP contribution in [0.4, 0.5) is 4.39 Å². The lowest BCUT2D eigenvalue weighted by atomic mass is 9.71. The molecule has 4 rings (SSSR count). The minimum atomic E-state index is -1.02. The second kappa shape index (κ2) is 8.36. The zero-order valence-corrected chi connectivity index (χ0v) is 18.7. The summed E-state index contributed by atoms with van der Waals surface area (Å²) < 4.78 is 16.9. The van der Waals surface area contributed by atoms with E-state index in [1.807, 2.05) is 42.8 Å². The van der Waals surface area contributed by atoms with Crippen LogP contribution in [0.3, 0.4) is 0 Å². The van der Waals surface area contributed by atoms with Crippen LogP contribution in [0.1, 0.15) is 43.1 Å². The van der Waals surface area contributed by atoms with Crippen molar-refractivity contribution in [3.05, 3.63) is 59.4 Å². The lowest BCUT2D eigenvalue weighted by molar-refractivity contribution is -0.129. The number of benzene rings is 1. The zero-order chi connectivity index (χ0) is 23.0. The third-order valence-electron chi connectivity index (χ3n) is 6.60. The third-order valence-corrected chi connectivity index (χ3v) is 6.60. The van der Waals surface area contributed by atoms with Crippen LogP contribution < -0.4 is 11.1 Å². The maximum atomic E-state index is 14.9. The summed E-state index contributed by atoms with van der Waals surface area (Å²) in [7, 11) is 0. The molecule has 6 nitrogen and oxygen atoms in total. The Labute approximate surface area is 187 Å². The quantitative estimate of drug-likeness (QED) is 0.618. The van der Waals surface area contributed by atoms with E-state index in [1.165, 1.54) is 6.07 Å². The van der Waals surface area contributed by atoms with Gasteiger partial charge in [0, 0.05) is 24.4 Å². The van der Waals surface area contributed by atoms with Crippen molar-refractivity contribution < 1.29 is 9.18 Å². The van der Waals surface area contributed by atoms with Gasteiger partial charge < -0.3 is 15.5 Å². The molecule has 1 saturated carbocycles. The molecule has 2 aromatic heterocycles. The zero-order valence-electron chi connectivity index (χ0n) is 18.7. The number of aryl methyl sites for hydroxylation is 2. The molecule has 3 aromatic rings. The van der Waals surface area contributed by atoms with Gasteiger partial charge in [0.2, 0.25) is 5.91 Å². The Morgan fingerprint density at radius 1 is 1.34 bits per heavy atom. The molecule has 1 unspecified atom stereocenters. The van der Waals surface area contributed by atoms with E-state index in [1.54, 1.807) is 13.0 Å². The van der Waals surface area contributed by atoms with Crippen LogP contribution in [-0.4, -0.2) is 26.9 Å². The highest BCUT2D eigenvalue weighted by Crippen LogP contribution is 2.35. The van der Waals surface area contributed by atoms with Crippen molar-refractivity contribution in [3.8, 4) is 17.2 Å². The summed E-state index contributed by atoms with van der Waals surface area (Å²) in [5, 5.41) is 12.2. The molecule has 3 N–H and O–H groups in total. The van der Waals surface area contributed by atoms with Crippen LogP contribution in [-0.2, 0) is 11.2 Å². The van der Waals surface area contributed by atoms with Gasteiger partial charge in [0.25, 0.3) is 0 Å². The molecule has 0 saturated heterocycles. The minimum Gasteiger partial charge on any atom is -0.338 e. The van der Waals surface area contributed by atoms with E-state index in [9.17, 15) is 14.4 Å². The van der Waals surface area contributed by atoms with Crippen LogP contribution in [0.5, 0.6) is 0 Å². The summed E-state index contributed by atoms with van der Waals surface area (Å²) in [6.45, 7) is 5.59. The van der Waals surface area contributed by atoms with Gasteiger partial charge in [-0.15, -0.1) is 0 Å². The van der Waals surface area contributed by atoms with Gasteiger partial charge >= 0.3 is 0 Å². The number of carbonyl (C=O) groups excluding carboxylic acids is 1. The molecule has 0 radical (unpaired) electrons. The molecule has 1 amide bonds. The Kier molecular flexibility index (Phi) is 5.74. The van der Waals surface area contributed by atoms with Crippen molar-refractivity contribution in [1.82, 2.24) is 14.7 Å². The van der Waals surface area contributed by atoms with Crippen molar-refractivity contribution in [2.24, 2.45) is 11.7 Å². The van der Waals surface area contributed by atoms with E-state index in [2.05, 4.69) is 16.4 Å². The standard InChI is InChI=1S/C25H28FN5O/c1-15-13-31-14-19(11-23(31)16(2)29-15)17-7-8-18(22(26)10-17)9-21(12-27)30-24(32)25(3,28)20-5-4-6-20/h7-8,10-11,13-14,20-21H,4-6,9,28H2,1-3H3,(H,30,32)/t21-,25?/m0/s1. The van der Waals surface area contributed by atoms with Crippen LogP contribution >= 0.6 is 0 Å². The van der Waals surface area contributed by atoms with Gasteiger partial charge in [-0.05, 0) is 62.8 Å². The van der Waals surface area contributed by atoms with Gasteiger partial charge in [-0.3, -0.25) is 9.78 Å². The van der Waals surface area contributed by atoms with Crippen molar-refractivity contribution >= 4 is 11.4 Å². The lowest BCUT2D eigenvalue weighted by Crippen LogP contribution is -2.60. The molecule has 0 spiro atoms. The van der Waals surface area contributed by atoms with E-state index in [0.717, 1.165) is 47.3 Å². The highest BCUT2D eigenvalue weighted by atomic mass is 19.1. The molecule has 0 bridgehead atoms. The Bertz CT molecular complexity index is 1220. The molecule has 166 valence electrons. The molecule has 0 aliphatic heterocycles. The minimum absolute atomic E-state index is 0.0784. The summed E-state index contributed by atoms with van der Waals surface area (Å²) in [5.74, 6) is -0.642. The lowest BCUT2D eigenvalue weighted by Gasteiger charge is -2.39.